The molecular formula is C26H29N2O3P. The number of benzene rings is 1. The van der Waals surface area contributed by atoms with Crippen LogP contribution in [0.15, 0.2) is 73.1 Å². The van der Waals surface area contributed by atoms with Gasteiger partial charge in [0.15, 0.2) is 0 Å². The Balaban J connectivity index is 1.56. The molecule has 1 aliphatic carbocycles. The lowest BCUT2D eigenvalue weighted by molar-refractivity contribution is 0.337. The van der Waals surface area contributed by atoms with Crippen molar-refractivity contribution in [3.63, 3.8) is 0 Å². The molecule has 0 saturated carbocycles. The largest absolute Gasteiger partial charge is 0.344 e. The summed E-state index contributed by atoms with van der Waals surface area (Å²) in [4.78, 5) is 26.7. The van der Waals surface area contributed by atoms with Crippen molar-refractivity contribution in [2.75, 3.05) is 11.4 Å². The normalized spacial score (nSPS) is 20.5. The smallest absolute Gasteiger partial charge is 0.336 e. The first-order chi connectivity index (χ1) is 15.2. The van der Waals surface area contributed by atoms with Crippen LogP contribution in [-0.2, 0) is 11.0 Å². The third kappa shape index (κ3) is 4.42. The van der Waals surface area contributed by atoms with E-state index < -0.39 is 12.8 Å². The highest BCUT2D eigenvalue weighted by molar-refractivity contribution is 7.53. The molecule has 0 radical (unpaired) electrons. The molecule has 1 atom stereocenters. The number of nitrogens with zero attached hydrogens (tertiary/aromatic N) is 2. The van der Waals surface area contributed by atoms with Crippen LogP contribution in [0, 0.1) is 20.8 Å². The Morgan fingerprint density at radius 3 is 2.47 bits per heavy atom. The van der Waals surface area contributed by atoms with Crippen molar-refractivity contribution in [2.45, 2.75) is 38.8 Å². The highest BCUT2D eigenvalue weighted by atomic mass is 31.2. The van der Waals surface area contributed by atoms with Crippen LogP contribution in [0.3, 0.4) is 0 Å². The Morgan fingerprint density at radius 2 is 1.88 bits per heavy atom. The maximum absolute atomic E-state index is 12.3. The summed E-state index contributed by atoms with van der Waals surface area (Å²) in [6, 6.07) is 8.29. The van der Waals surface area contributed by atoms with Gasteiger partial charge in [-0.2, -0.15) is 0 Å². The molecule has 6 heteroatoms. The van der Waals surface area contributed by atoms with Crippen molar-refractivity contribution in [1.29, 1.82) is 0 Å². The van der Waals surface area contributed by atoms with Gasteiger partial charge in [0.05, 0.1) is 5.16 Å². The van der Waals surface area contributed by atoms with Gasteiger partial charge in [0, 0.05) is 36.7 Å². The highest BCUT2D eigenvalue weighted by Crippen LogP contribution is 2.56. The molecule has 2 N–H and O–H groups in total. The molecule has 0 amide bonds. The maximum Gasteiger partial charge on any atom is 0.336 e. The van der Waals surface area contributed by atoms with Crippen LogP contribution >= 0.6 is 7.60 Å². The summed E-state index contributed by atoms with van der Waals surface area (Å²) in [6.07, 6.45) is 15.5. The van der Waals surface area contributed by atoms with Gasteiger partial charge < -0.3 is 14.7 Å². The summed E-state index contributed by atoms with van der Waals surface area (Å²) in [5, 5.41) is -1.23. The molecule has 5 nitrogen and oxygen atoms in total. The van der Waals surface area contributed by atoms with Gasteiger partial charge in [-0.3, -0.25) is 9.55 Å². The van der Waals surface area contributed by atoms with Crippen molar-refractivity contribution >= 4 is 18.9 Å². The summed E-state index contributed by atoms with van der Waals surface area (Å²) in [6.45, 7) is 7.16. The first kappa shape index (κ1) is 22.5. The molecule has 32 heavy (non-hydrogen) atoms. The fourth-order valence-corrected chi connectivity index (χ4v) is 5.66. The molecule has 0 saturated heterocycles. The molecule has 4 rings (SSSR count). The predicted octanol–water partition coefficient (Wildman–Crippen LogP) is 5.40. The molecule has 1 aliphatic heterocycles. The van der Waals surface area contributed by atoms with Gasteiger partial charge in [-0.1, -0.05) is 48.1 Å². The molecule has 0 fully saturated rings. The van der Waals surface area contributed by atoms with Crippen LogP contribution < -0.4 is 4.90 Å². The molecule has 2 aliphatic rings. The van der Waals surface area contributed by atoms with Crippen molar-refractivity contribution in [2.24, 2.45) is 0 Å². The van der Waals surface area contributed by atoms with Crippen LogP contribution in [-0.4, -0.2) is 26.5 Å². The van der Waals surface area contributed by atoms with E-state index in [9.17, 15) is 14.4 Å². The SMILES string of the molecule is Cc1cc(C)c(N2C=CC(c3ccnc(CC4(P(=O)(O)O)C=CC=CC4)c3)=CC2)c(C)c1. The van der Waals surface area contributed by atoms with E-state index in [1.165, 1.54) is 22.4 Å². The maximum atomic E-state index is 12.3. The van der Waals surface area contributed by atoms with Gasteiger partial charge in [-0.25, -0.2) is 0 Å². The highest BCUT2D eigenvalue weighted by Gasteiger charge is 2.44. The molecule has 0 spiro atoms. The quantitative estimate of drug-likeness (QED) is 0.599. The minimum absolute atomic E-state index is 0.191. The second-order valence-corrected chi connectivity index (χ2v) is 10.7. The first-order valence-electron chi connectivity index (χ1n) is 10.8. The number of hydrogen-bond donors (Lipinski definition) is 2. The topological polar surface area (TPSA) is 73.7 Å². The third-order valence-corrected chi connectivity index (χ3v) is 7.86. The van der Waals surface area contributed by atoms with E-state index in [2.05, 4.69) is 61.1 Å². The standard InChI is InChI=1S/C26H29N2O3P/c1-19-15-20(2)25(21(3)16-19)28-13-8-22(9-14-28)23-7-12-27-24(17-23)18-26(32(29,30)31)10-5-4-6-11-26/h4-10,12-13,15-17H,11,14,18H2,1-3H3,(H2,29,30,31). The molecule has 1 aromatic carbocycles. The molecule has 1 unspecified atom stereocenters. The Kier molecular flexibility index (Phi) is 6.09. The van der Waals surface area contributed by atoms with Gasteiger partial charge in [0.25, 0.3) is 0 Å². The number of aromatic nitrogens is 1. The van der Waals surface area contributed by atoms with Crippen LogP contribution in [0.25, 0.3) is 5.57 Å². The Morgan fingerprint density at radius 1 is 1.12 bits per heavy atom. The number of anilines is 1. The Labute approximate surface area is 189 Å². The van der Waals surface area contributed by atoms with Crippen molar-refractivity contribution in [1.82, 2.24) is 4.98 Å². The first-order valence-corrected chi connectivity index (χ1v) is 12.4. The second kappa shape index (κ2) is 8.67. The molecular weight excluding hydrogens is 419 g/mol. The summed E-state index contributed by atoms with van der Waals surface area (Å²) in [5.74, 6) is 0. The minimum atomic E-state index is -4.35. The summed E-state index contributed by atoms with van der Waals surface area (Å²) in [7, 11) is -4.35. The number of rotatable bonds is 5. The van der Waals surface area contributed by atoms with Gasteiger partial charge in [0.1, 0.15) is 0 Å². The van der Waals surface area contributed by atoms with E-state index in [-0.39, 0.29) is 6.42 Å². The third-order valence-electron chi connectivity index (χ3n) is 6.21. The molecule has 0 bridgehead atoms. The summed E-state index contributed by atoms with van der Waals surface area (Å²) in [5.41, 5.74) is 7.77. The van der Waals surface area contributed by atoms with Crippen LogP contribution in [0.2, 0.25) is 0 Å². The minimum Gasteiger partial charge on any atom is -0.344 e. The van der Waals surface area contributed by atoms with Crippen molar-refractivity contribution in [3.8, 4) is 0 Å². The lowest BCUT2D eigenvalue weighted by Crippen LogP contribution is -2.30. The Bertz CT molecular complexity index is 1180. The van der Waals surface area contributed by atoms with Gasteiger partial charge in [0.2, 0.25) is 0 Å². The Hall–Kier alpha value is -2.72. The zero-order valence-electron chi connectivity index (χ0n) is 18.7. The fraction of sp³-hybridized carbons (Fsp3) is 0.269. The molecule has 1 aromatic heterocycles. The lowest BCUT2D eigenvalue weighted by atomic mass is 9.93. The monoisotopic (exact) mass is 448 g/mol. The van der Waals surface area contributed by atoms with E-state index in [0.29, 0.717) is 12.1 Å². The van der Waals surface area contributed by atoms with Crippen molar-refractivity contribution in [3.05, 3.63) is 101 Å². The van der Waals surface area contributed by atoms with Crippen molar-refractivity contribution < 1.29 is 14.4 Å². The number of pyridine rings is 1. The van der Waals surface area contributed by atoms with Crippen LogP contribution in [0.1, 0.15) is 34.4 Å². The number of allylic oxidation sites excluding steroid dienone is 6. The summed E-state index contributed by atoms with van der Waals surface area (Å²) >= 11 is 0. The second-order valence-electron chi connectivity index (χ2n) is 8.73. The number of hydrogen-bond acceptors (Lipinski definition) is 3. The van der Waals surface area contributed by atoms with Gasteiger partial charge in [-0.15, -0.1) is 0 Å². The summed E-state index contributed by atoms with van der Waals surface area (Å²) < 4.78 is 12.3. The average Bonchev–Trinajstić information content (AvgIpc) is 2.74. The van der Waals surface area contributed by atoms with Gasteiger partial charge in [-0.05, 0) is 67.7 Å². The van der Waals surface area contributed by atoms with Crippen LogP contribution in [0.4, 0.5) is 5.69 Å². The van der Waals surface area contributed by atoms with E-state index >= 15 is 0 Å². The molecule has 166 valence electrons. The van der Waals surface area contributed by atoms with E-state index in [1.54, 1.807) is 24.4 Å². The van der Waals surface area contributed by atoms with E-state index in [4.69, 9.17) is 0 Å². The fourth-order valence-electron chi connectivity index (χ4n) is 4.67. The van der Waals surface area contributed by atoms with E-state index in [0.717, 1.165) is 17.7 Å². The van der Waals surface area contributed by atoms with E-state index in [1.807, 2.05) is 18.2 Å². The lowest BCUT2D eigenvalue weighted by Gasteiger charge is -2.31. The van der Waals surface area contributed by atoms with Crippen LogP contribution in [0.5, 0.6) is 0 Å². The van der Waals surface area contributed by atoms with Gasteiger partial charge >= 0.3 is 7.60 Å². The molecule has 2 heterocycles. The zero-order chi connectivity index (χ0) is 22.9. The predicted molar refractivity (Wildman–Crippen MR) is 131 cm³/mol. The zero-order valence-corrected chi connectivity index (χ0v) is 19.6. The molecule has 2 aromatic rings. The average molecular weight is 449 g/mol. The number of aryl methyl sites for hydroxylation is 3.